The molecule has 170 valence electrons. The van der Waals surface area contributed by atoms with Crippen LogP contribution < -0.4 is 10.9 Å². The van der Waals surface area contributed by atoms with Crippen molar-refractivity contribution in [2.45, 2.75) is 54.1 Å². The molecule has 2 N–H and O–H groups in total. The Hall–Kier alpha value is -3.74. The van der Waals surface area contributed by atoms with E-state index < -0.39 is 0 Å². The van der Waals surface area contributed by atoms with Crippen molar-refractivity contribution in [1.29, 1.82) is 0 Å². The van der Waals surface area contributed by atoms with Gasteiger partial charge in [0.1, 0.15) is 5.82 Å². The number of carbonyl (C=O) groups is 1. The van der Waals surface area contributed by atoms with Crippen LogP contribution in [0.2, 0.25) is 0 Å². The molecule has 0 radical (unpaired) electrons. The molecule has 3 heterocycles. The third kappa shape index (κ3) is 4.31. The molecule has 0 saturated carbocycles. The average molecular weight is 444 g/mol. The molecule has 3 aromatic heterocycles. The van der Waals surface area contributed by atoms with Crippen LogP contribution in [0.1, 0.15) is 58.5 Å². The number of benzene rings is 1. The van der Waals surface area contributed by atoms with Gasteiger partial charge in [-0.15, -0.1) is 0 Å². The number of carbonyl (C=O) groups excluding carboxylic acids is 1. The number of amides is 1. The summed E-state index contributed by atoms with van der Waals surface area (Å²) in [7, 11) is 0. The van der Waals surface area contributed by atoms with Crippen LogP contribution in [0, 0.1) is 27.7 Å². The monoisotopic (exact) mass is 443 g/mol. The third-order valence-electron chi connectivity index (χ3n) is 5.96. The predicted octanol–water partition coefficient (Wildman–Crippen LogP) is 4.53. The molecule has 0 aliphatic heterocycles. The highest BCUT2D eigenvalue weighted by Gasteiger charge is 2.19. The first-order chi connectivity index (χ1) is 15.7. The fourth-order valence-electron chi connectivity index (χ4n) is 4.27. The Morgan fingerprint density at radius 2 is 1.73 bits per heavy atom. The molecule has 7 heteroatoms. The van der Waals surface area contributed by atoms with Crippen LogP contribution in [0.4, 0.5) is 0 Å². The maximum atomic E-state index is 13.4. The van der Waals surface area contributed by atoms with Crippen molar-refractivity contribution in [3.05, 3.63) is 80.9 Å². The normalized spacial score (nSPS) is 11.4. The minimum atomic E-state index is -0.223. The van der Waals surface area contributed by atoms with Crippen molar-refractivity contribution in [1.82, 2.24) is 24.8 Å². The van der Waals surface area contributed by atoms with Gasteiger partial charge in [-0.3, -0.25) is 9.59 Å². The lowest BCUT2D eigenvalue weighted by Crippen LogP contribution is -2.28. The van der Waals surface area contributed by atoms with Crippen LogP contribution >= 0.6 is 0 Å². The zero-order chi connectivity index (χ0) is 23.9. The molecule has 0 spiro atoms. The lowest BCUT2D eigenvalue weighted by molar-refractivity contribution is 0.0952. The largest absolute Gasteiger partial charge is 0.348 e. The molecule has 0 aliphatic rings. The van der Waals surface area contributed by atoms with Crippen molar-refractivity contribution < 1.29 is 4.79 Å². The second-order valence-electron chi connectivity index (χ2n) is 8.88. The fraction of sp³-hybridized carbons (Fsp3) is 0.308. The second-order valence-corrected chi connectivity index (χ2v) is 8.88. The van der Waals surface area contributed by atoms with E-state index in [0.717, 1.165) is 38.9 Å². The summed E-state index contributed by atoms with van der Waals surface area (Å²) >= 11 is 0. The maximum Gasteiger partial charge on any atom is 0.253 e. The summed E-state index contributed by atoms with van der Waals surface area (Å²) in [6.07, 6.45) is 5.63. The summed E-state index contributed by atoms with van der Waals surface area (Å²) in [5.74, 6) is 0.469. The quantitative estimate of drug-likeness (QED) is 0.474. The molecule has 4 rings (SSSR count). The second kappa shape index (κ2) is 8.65. The van der Waals surface area contributed by atoms with E-state index in [4.69, 9.17) is 0 Å². The summed E-state index contributed by atoms with van der Waals surface area (Å²) in [6, 6.07) is 6.11. The third-order valence-corrected chi connectivity index (χ3v) is 5.96. The minimum Gasteiger partial charge on any atom is -0.348 e. The van der Waals surface area contributed by atoms with E-state index >= 15 is 0 Å². The van der Waals surface area contributed by atoms with E-state index in [-0.39, 0.29) is 24.1 Å². The molecule has 0 bridgehead atoms. The SMILES string of the molecule is Cc1ncc(-c2cc(C(=O)NCc3c(C)cc(C)[nH]c3=O)c3c(C)cn(C(C)C)c3c2)cn1. The van der Waals surface area contributed by atoms with Crippen LogP contribution in [0.15, 0.2) is 41.6 Å². The van der Waals surface area contributed by atoms with Gasteiger partial charge in [-0.2, -0.15) is 0 Å². The number of fused-ring (bicyclic) bond motifs is 1. The fourth-order valence-corrected chi connectivity index (χ4v) is 4.27. The standard InChI is InChI=1S/C26H29N5O2/c1-14(2)31-13-16(4)24-21(8-19(9-23(24)31)20-10-27-18(6)28-11-20)25(32)29-12-22-15(3)7-17(5)30-26(22)33/h7-11,13-14H,12H2,1-6H3,(H,29,32)(H,30,33). The van der Waals surface area contributed by atoms with Gasteiger partial charge in [0.15, 0.2) is 0 Å². The van der Waals surface area contributed by atoms with Gasteiger partial charge in [-0.05, 0) is 76.4 Å². The van der Waals surface area contributed by atoms with E-state index in [1.807, 2.05) is 39.8 Å². The highest BCUT2D eigenvalue weighted by atomic mass is 16.1. The molecule has 0 fully saturated rings. The molecule has 7 nitrogen and oxygen atoms in total. The van der Waals surface area contributed by atoms with Gasteiger partial charge in [-0.1, -0.05) is 0 Å². The van der Waals surface area contributed by atoms with E-state index in [1.165, 1.54) is 0 Å². The van der Waals surface area contributed by atoms with Gasteiger partial charge in [0, 0.05) is 64.5 Å². The molecule has 0 atom stereocenters. The number of H-pyrrole nitrogens is 1. The molecule has 0 aliphatic carbocycles. The van der Waals surface area contributed by atoms with E-state index in [9.17, 15) is 9.59 Å². The number of aromatic amines is 1. The first-order valence-electron chi connectivity index (χ1n) is 11.1. The van der Waals surface area contributed by atoms with Gasteiger partial charge in [-0.25, -0.2) is 9.97 Å². The van der Waals surface area contributed by atoms with Crippen molar-refractivity contribution in [3.8, 4) is 11.1 Å². The Labute approximate surface area is 192 Å². The first kappa shape index (κ1) is 22.5. The van der Waals surface area contributed by atoms with Crippen molar-refractivity contribution in [2.75, 3.05) is 0 Å². The van der Waals surface area contributed by atoms with Crippen molar-refractivity contribution in [2.24, 2.45) is 0 Å². The summed E-state index contributed by atoms with van der Waals surface area (Å²) in [5.41, 5.74) is 6.34. The molecule has 0 unspecified atom stereocenters. The van der Waals surface area contributed by atoms with Crippen molar-refractivity contribution >= 4 is 16.8 Å². The van der Waals surface area contributed by atoms with Crippen LogP contribution in [-0.2, 0) is 6.54 Å². The van der Waals surface area contributed by atoms with Crippen molar-refractivity contribution in [3.63, 3.8) is 0 Å². The number of pyridine rings is 1. The van der Waals surface area contributed by atoms with Crippen LogP contribution in [-0.4, -0.2) is 25.4 Å². The molecule has 4 aromatic rings. The Balaban J connectivity index is 1.80. The Bertz CT molecular complexity index is 1410. The number of hydrogen-bond donors (Lipinski definition) is 2. The molecule has 0 saturated heterocycles. The van der Waals surface area contributed by atoms with Gasteiger partial charge >= 0.3 is 0 Å². The van der Waals surface area contributed by atoms with E-state index in [1.54, 1.807) is 12.4 Å². The molecular formula is C26H29N5O2. The number of nitrogens with one attached hydrogen (secondary N) is 2. The highest BCUT2D eigenvalue weighted by molar-refractivity contribution is 6.09. The summed E-state index contributed by atoms with van der Waals surface area (Å²) in [4.78, 5) is 37.3. The molecule has 1 amide bonds. The zero-order valence-electron chi connectivity index (χ0n) is 19.9. The summed E-state index contributed by atoms with van der Waals surface area (Å²) < 4.78 is 2.18. The number of aromatic nitrogens is 4. The molecule has 1 aromatic carbocycles. The Morgan fingerprint density at radius 1 is 1.03 bits per heavy atom. The van der Waals surface area contributed by atoms with Gasteiger partial charge in [0.25, 0.3) is 11.5 Å². The first-order valence-corrected chi connectivity index (χ1v) is 11.1. The summed E-state index contributed by atoms with van der Waals surface area (Å²) in [5, 5.41) is 3.87. The topological polar surface area (TPSA) is 92.7 Å². The average Bonchev–Trinajstić information content (AvgIpc) is 3.09. The Kier molecular flexibility index (Phi) is 5.89. The number of hydrogen-bond acceptors (Lipinski definition) is 4. The van der Waals surface area contributed by atoms with E-state index in [0.29, 0.717) is 17.0 Å². The smallest absolute Gasteiger partial charge is 0.253 e. The zero-order valence-corrected chi connectivity index (χ0v) is 19.9. The van der Waals surface area contributed by atoms with Gasteiger partial charge < -0.3 is 14.9 Å². The highest BCUT2D eigenvalue weighted by Crippen LogP contribution is 2.32. The minimum absolute atomic E-state index is 0.156. The van der Waals surface area contributed by atoms with Gasteiger partial charge in [0.2, 0.25) is 0 Å². The number of nitrogens with zero attached hydrogens (tertiary/aromatic N) is 3. The molecule has 33 heavy (non-hydrogen) atoms. The number of rotatable bonds is 5. The van der Waals surface area contributed by atoms with E-state index in [2.05, 4.69) is 50.9 Å². The maximum absolute atomic E-state index is 13.4. The van der Waals surface area contributed by atoms with Crippen LogP contribution in [0.5, 0.6) is 0 Å². The van der Waals surface area contributed by atoms with Crippen LogP contribution in [0.3, 0.4) is 0 Å². The predicted molar refractivity (Wildman–Crippen MR) is 131 cm³/mol. The van der Waals surface area contributed by atoms with Gasteiger partial charge in [0.05, 0.1) is 0 Å². The summed E-state index contributed by atoms with van der Waals surface area (Å²) in [6.45, 7) is 12.0. The van der Waals surface area contributed by atoms with Crippen LogP contribution in [0.25, 0.3) is 22.0 Å². The molecular weight excluding hydrogens is 414 g/mol. The number of aryl methyl sites for hydroxylation is 4. The Morgan fingerprint density at radius 3 is 2.36 bits per heavy atom. The lowest BCUT2D eigenvalue weighted by Gasteiger charge is -2.14. The lowest BCUT2D eigenvalue weighted by atomic mass is 9.99.